The van der Waals surface area contributed by atoms with E-state index in [1.807, 2.05) is 99.6 Å². The average Bonchev–Trinajstić information content (AvgIpc) is 3.13. The Morgan fingerprint density at radius 1 is 1.00 bits per heavy atom. The molecule has 5 rings (SSSR count). The number of hydrogen-bond donors (Lipinski definition) is 2. The minimum atomic E-state index is -0.361. The number of aryl methyl sites for hydroxylation is 2. The van der Waals surface area contributed by atoms with E-state index in [4.69, 9.17) is 15.7 Å². The van der Waals surface area contributed by atoms with Crippen LogP contribution in [0.4, 0.5) is 17.2 Å². The zero-order valence-corrected chi connectivity index (χ0v) is 20.6. The summed E-state index contributed by atoms with van der Waals surface area (Å²) in [5.41, 5.74) is 13.6. The number of fused-ring (bicyclic) bond motifs is 2. The molecule has 0 aliphatic heterocycles. The van der Waals surface area contributed by atoms with Crippen molar-refractivity contribution < 1.29 is 4.79 Å². The highest BCUT2D eigenvalue weighted by Crippen LogP contribution is 2.29. The van der Waals surface area contributed by atoms with Crippen molar-refractivity contribution in [1.82, 2.24) is 14.6 Å². The molecule has 0 unspecified atom stereocenters. The highest BCUT2D eigenvalue weighted by Gasteiger charge is 2.24. The molecular weight excluding hydrogens is 450 g/mol. The minimum Gasteiger partial charge on any atom is -0.383 e. The Hall–Kier alpha value is -4.72. The quantitative estimate of drug-likeness (QED) is 0.348. The van der Waals surface area contributed by atoms with Crippen LogP contribution in [0.1, 0.15) is 27.0 Å². The molecule has 2 heterocycles. The molecule has 3 N–H and O–H groups in total. The molecule has 2 aromatic heterocycles. The first-order valence-electron chi connectivity index (χ1n) is 11.6. The van der Waals surface area contributed by atoms with Crippen molar-refractivity contribution in [1.29, 1.82) is 0 Å². The molecule has 0 bridgehead atoms. The van der Waals surface area contributed by atoms with Crippen molar-refractivity contribution in [2.24, 2.45) is 5.10 Å². The second kappa shape index (κ2) is 9.14. The molecule has 180 valence electrons. The Morgan fingerprint density at radius 2 is 1.69 bits per heavy atom. The first-order valence-corrected chi connectivity index (χ1v) is 11.6. The Morgan fingerprint density at radius 3 is 2.39 bits per heavy atom. The van der Waals surface area contributed by atoms with E-state index in [1.54, 1.807) is 6.21 Å². The standard InChI is InChI=1S/C28H27N7O/c1-17-9-10-18(2)23(15-17)33-28(36)24-25-27(32-22-8-6-5-7-21(22)31-25)35(26(24)29)30-16-19-11-13-20(14-12-19)34(3)4/h5-16H,29H2,1-4H3,(H,33,36)/b30-16-. The zero-order chi connectivity index (χ0) is 25.4. The second-order valence-electron chi connectivity index (χ2n) is 8.96. The molecule has 36 heavy (non-hydrogen) atoms. The lowest BCUT2D eigenvalue weighted by Gasteiger charge is -2.11. The SMILES string of the molecule is Cc1ccc(C)c(NC(=O)c2c(N)n(/N=C\c3ccc(N(C)C)cc3)c3nc4ccccc4nc23)c1. The number of carbonyl (C=O) groups is 1. The van der Waals surface area contributed by atoms with E-state index in [0.717, 1.165) is 28.1 Å². The maximum absolute atomic E-state index is 13.5. The predicted molar refractivity (Wildman–Crippen MR) is 147 cm³/mol. The van der Waals surface area contributed by atoms with Crippen molar-refractivity contribution in [2.75, 3.05) is 30.0 Å². The van der Waals surface area contributed by atoms with E-state index in [0.29, 0.717) is 22.2 Å². The number of benzene rings is 3. The van der Waals surface area contributed by atoms with Crippen molar-refractivity contribution in [3.05, 3.63) is 89.0 Å². The zero-order valence-electron chi connectivity index (χ0n) is 20.6. The first kappa shape index (κ1) is 23.0. The van der Waals surface area contributed by atoms with E-state index >= 15 is 0 Å². The number of nitrogens with two attached hydrogens (primary N) is 1. The van der Waals surface area contributed by atoms with Gasteiger partial charge in [-0.15, -0.1) is 0 Å². The number of amides is 1. The fraction of sp³-hybridized carbons (Fsp3) is 0.143. The summed E-state index contributed by atoms with van der Waals surface area (Å²) in [4.78, 5) is 25.0. The fourth-order valence-corrected chi connectivity index (χ4v) is 4.03. The molecule has 0 fully saturated rings. The summed E-state index contributed by atoms with van der Waals surface area (Å²) in [7, 11) is 3.98. The van der Waals surface area contributed by atoms with Gasteiger partial charge in [-0.1, -0.05) is 36.4 Å². The number of hydrogen-bond acceptors (Lipinski definition) is 6. The number of nitrogens with one attached hydrogen (secondary N) is 1. The highest BCUT2D eigenvalue weighted by molar-refractivity contribution is 6.16. The Labute approximate surface area is 209 Å². The molecule has 3 aromatic carbocycles. The van der Waals surface area contributed by atoms with E-state index in [-0.39, 0.29) is 17.3 Å². The van der Waals surface area contributed by atoms with Crippen molar-refractivity contribution >= 4 is 51.5 Å². The van der Waals surface area contributed by atoms with Crippen molar-refractivity contribution in [3.8, 4) is 0 Å². The van der Waals surface area contributed by atoms with Gasteiger partial charge < -0.3 is 16.0 Å². The number of para-hydroxylation sites is 2. The summed E-state index contributed by atoms with van der Waals surface area (Å²) >= 11 is 0. The van der Waals surface area contributed by atoms with E-state index in [9.17, 15) is 4.79 Å². The molecule has 0 atom stereocenters. The number of nitrogens with zero attached hydrogens (tertiary/aromatic N) is 5. The Bertz CT molecular complexity index is 1630. The normalized spacial score (nSPS) is 11.4. The van der Waals surface area contributed by atoms with Gasteiger partial charge in [-0.3, -0.25) is 4.79 Å². The largest absolute Gasteiger partial charge is 0.383 e. The van der Waals surface area contributed by atoms with Gasteiger partial charge in [0.15, 0.2) is 5.65 Å². The molecule has 0 radical (unpaired) electrons. The van der Waals surface area contributed by atoms with Crippen LogP contribution in [0.25, 0.3) is 22.2 Å². The molecular formula is C28H27N7O. The van der Waals surface area contributed by atoms with Crippen LogP contribution in [0.3, 0.4) is 0 Å². The lowest BCUT2D eigenvalue weighted by Crippen LogP contribution is -2.15. The predicted octanol–water partition coefficient (Wildman–Crippen LogP) is 4.98. The average molecular weight is 478 g/mol. The van der Waals surface area contributed by atoms with Crippen LogP contribution in [0.5, 0.6) is 0 Å². The van der Waals surface area contributed by atoms with Crippen molar-refractivity contribution in [2.45, 2.75) is 13.8 Å². The van der Waals surface area contributed by atoms with Gasteiger partial charge in [0.2, 0.25) is 0 Å². The van der Waals surface area contributed by atoms with Gasteiger partial charge in [0.25, 0.3) is 5.91 Å². The highest BCUT2D eigenvalue weighted by atomic mass is 16.1. The summed E-state index contributed by atoms with van der Waals surface area (Å²) in [6, 6.07) is 21.4. The van der Waals surface area contributed by atoms with Crippen LogP contribution >= 0.6 is 0 Å². The lowest BCUT2D eigenvalue weighted by molar-refractivity contribution is 0.102. The number of aromatic nitrogens is 3. The molecule has 0 saturated carbocycles. The van der Waals surface area contributed by atoms with Gasteiger partial charge in [-0.25, -0.2) is 9.97 Å². The summed E-state index contributed by atoms with van der Waals surface area (Å²) in [5, 5.41) is 7.59. The summed E-state index contributed by atoms with van der Waals surface area (Å²) in [6.07, 6.45) is 1.69. The Balaban J connectivity index is 1.63. The monoisotopic (exact) mass is 477 g/mol. The van der Waals surface area contributed by atoms with Gasteiger partial charge in [0.1, 0.15) is 16.9 Å². The Kier molecular flexibility index (Phi) is 5.85. The van der Waals surface area contributed by atoms with E-state index in [2.05, 4.69) is 10.4 Å². The third-order valence-electron chi connectivity index (χ3n) is 6.07. The number of rotatable bonds is 5. The third-order valence-corrected chi connectivity index (χ3v) is 6.07. The maximum atomic E-state index is 13.5. The van der Waals surface area contributed by atoms with Crippen LogP contribution in [0, 0.1) is 13.8 Å². The molecule has 0 spiro atoms. The summed E-state index contributed by atoms with van der Waals surface area (Å²) < 4.78 is 1.48. The van der Waals surface area contributed by atoms with Gasteiger partial charge in [-0.05, 0) is 60.9 Å². The molecule has 8 heteroatoms. The summed E-state index contributed by atoms with van der Waals surface area (Å²) in [6.45, 7) is 3.92. The smallest absolute Gasteiger partial charge is 0.261 e. The fourth-order valence-electron chi connectivity index (χ4n) is 4.03. The maximum Gasteiger partial charge on any atom is 0.261 e. The molecule has 8 nitrogen and oxygen atoms in total. The van der Waals surface area contributed by atoms with Crippen LogP contribution in [0.15, 0.2) is 71.8 Å². The molecule has 5 aromatic rings. The van der Waals surface area contributed by atoms with Gasteiger partial charge in [0.05, 0.1) is 17.2 Å². The number of nitrogen functional groups attached to an aromatic ring is 1. The minimum absolute atomic E-state index is 0.171. The number of carbonyl (C=O) groups excluding carboxylic acids is 1. The van der Waals surface area contributed by atoms with Gasteiger partial charge in [-0.2, -0.15) is 9.78 Å². The first-order chi connectivity index (χ1) is 17.3. The van der Waals surface area contributed by atoms with E-state index in [1.165, 1.54) is 4.68 Å². The van der Waals surface area contributed by atoms with Crippen LogP contribution < -0.4 is 16.0 Å². The van der Waals surface area contributed by atoms with E-state index < -0.39 is 0 Å². The molecule has 1 amide bonds. The van der Waals surface area contributed by atoms with Gasteiger partial charge >= 0.3 is 0 Å². The second-order valence-corrected chi connectivity index (χ2v) is 8.96. The van der Waals surface area contributed by atoms with Gasteiger partial charge in [0, 0.05) is 25.5 Å². The lowest BCUT2D eigenvalue weighted by atomic mass is 10.1. The molecule has 0 aliphatic carbocycles. The number of anilines is 3. The van der Waals surface area contributed by atoms with Crippen LogP contribution in [-0.4, -0.2) is 40.9 Å². The van der Waals surface area contributed by atoms with Crippen LogP contribution in [0.2, 0.25) is 0 Å². The summed E-state index contributed by atoms with van der Waals surface area (Å²) in [5.74, 6) is -0.190. The van der Waals surface area contributed by atoms with Crippen LogP contribution in [-0.2, 0) is 0 Å². The topological polar surface area (TPSA) is 101 Å². The van der Waals surface area contributed by atoms with Crippen molar-refractivity contribution in [3.63, 3.8) is 0 Å². The molecule has 0 aliphatic rings. The third kappa shape index (κ3) is 4.24. The molecule has 0 saturated heterocycles.